The number of sulfonamides is 1. The standard InChI is InChI=1S/C18H20FNO4S/c1-18(2,3)14-7-4-12(5-8-14)11-20-25(23,24)16-10-13(17(21)22)6-9-15(16)19/h4-10,20H,11H2,1-3H3,(H,21,22)/p-1. The first-order valence-electron chi connectivity index (χ1n) is 7.61. The molecular formula is C18H19FNO4S-. The number of nitrogens with one attached hydrogen (secondary N) is 1. The van der Waals surface area contributed by atoms with E-state index in [4.69, 9.17) is 0 Å². The van der Waals surface area contributed by atoms with Gasteiger partial charge in [-0.1, -0.05) is 51.1 Å². The second-order valence-corrected chi connectivity index (χ2v) is 8.44. The van der Waals surface area contributed by atoms with E-state index in [0.717, 1.165) is 23.8 Å². The smallest absolute Gasteiger partial charge is 0.243 e. The second kappa shape index (κ2) is 6.93. The normalized spacial score (nSPS) is 12.2. The van der Waals surface area contributed by atoms with E-state index in [1.807, 2.05) is 12.1 Å². The number of halogens is 1. The van der Waals surface area contributed by atoms with Crippen LogP contribution in [0.4, 0.5) is 4.39 Å². The highest BCUT2D eigenvalue weighted by molar-refractivity contribution is 7.89. The molecule has 1 N–H and O–H groups in total. The maximum Gasteiger partial charge on any atom is 0.243 e. The lowest BCUT2D eigenvalue weighted by Crippen LogP contribution is -2.26. The maximum absolute atomic E-state index is 13.8. The van der Waals surface area contributed by atoms with Crippen LogP contribution in [0.1, 0.15) is 42.3 Å². The topological polar surface area (TPSA) is 86.3 Å². The Morgan fingerprint density at radius 1 is 1.12 bits per heavy atom. The third kappa shape index (κ3) is 4.64. The van der Waals surface area contributed by atoms with E-state index in [1.165, 1.54) is 0 Å². The molecule has 0 aliphatic heterocycles. The van der Waals surface area contributed by atoms with Crippen LogP contribution in [0.5, 0.6) is 0 Å². The van der Waals surface area contributed by atoms with Gasteiger partial charge in [0.25, 0.3) is 0 Å². The number of hydrogen-bond donors (Lipinski definition) is 1. The number of benzene rings is 2. The number of rotatable bonds is 5. The molecule has 0 aliphatic carbocycles. The first kappa shape index (κ1) is 19.1. The van der Waals surface area contributed by atoms with Crippen molar-refractivity contribution in [2.24, 2.45) is 0 Å². The van der Waals surface area contributed by atoms with Crippen molar-refractivity contribution in [3.63, 3.8) is 0 Å². The molecular weight excluding hydrogens is 345 g/mol. The molecule has 0 amide bonds. The average molecular weight is 364 g/mol. The molecule has 2 rings (SSSR count). The monoisotopic (exact) mass is 364 g/mol. The Balaban J connectivity index is 2.20. The highest BCUT2D eigenvalue weighted by Gasteiger charge is 2.20. The molecule has 134 valence electrons. The van der Waals surface area contributed by atoms with Crippen LogP contribution in [0.3, 0.4) is 0 Å². The van der Waals surface area contributed by atoms with Gasteiger partial charge >= 0.3 is 0 Å². The highest BCUT2D eigenvalue weighted by Crippen LogP contribution is 2.22. The molecule has 0 saturated heterocycles. The molecule has 2 aromatic carbocycles. The van der Waals surface area contributed by atoms with Gasteiger partial charge in [-0.25, -0.2) is 17.5 Å². The summed E-state index contributed by atoms with van der Waals surface area (Å²) >= 11 is 0. The Morgan fingerprint density at radius 2 is 1.72 bits per heavy atom. The minimum absolute atomic E-state index is 0.0214. The Labute approximate surface area is 146 Å². The van der Waals surface area contributed by atoms with Crippen LogP contribution in [0.15, 0.2) is 47.4 Å². The predicted molar refractivity (Wildman–Crippen MR) is 89.9 cm³/mol. The molecule has 5 nitrogen and oxygen atoms in total. The minimum atomic E-state index is -4.20. The minimum Gasteiger partial charge on any atom is -0.545 e. The van der Waals surface area contributed by atoms with E-state index >= 15 is 0 Å². The van der Waals surface area contributed by atoms with Gasteiger partial charge in [0.05, 0.1) is 5.97 Å². The van der Waals surface area contributed by atoms with Crippen LogP contribution >= 0.6 is 0 Å². The zero-order valence-electron chi connectivity index (χ0n) is 14.2. The van der Waals surface area contributed by atoms with Crippen molar-refractivity contribution in [1.82, 2.24) is 4.72 Å². The third-order valence-electron chi connectivity index (χ3n) is 3.74. The molecule has 0 atom stereocenters. The van der Waals surface area contributed by atoms with Crippen molar-refractivity contribution in [2.45, 2.75) is 37.6 Å². The van der Waals surface area contributed by atoms with Crippen molar-refractivity contribution in [3.05, 3.63) is 65.0 Å². The fourth-order valence-electron chi connectivity index (χ4n) is 2.21. The van der Waals surface area contributed by atoms with Crippen molar-refractivity contribution < 1.29 is 22.7 Å². The van der Waals surface area contributed by atoms with Gasteiger partial charge in [-0.3, -0.25) is 0 Å². The van der Waals surface area contributed by atoms with E-state index in [2.05, 4.69) is 25.5 Å². The first-order valence-corrected chi connectivity index (χ1v) is 9.09. The summed E-state index contributed by atoms with van der Waals surface area (Å²) in [5, 5.41) is 10.8. The fraction of sp³-hybridized carbons (Fsp3) is 0.278. The molecule has 0 radical (unpaired) electrons. The van der Waals surface area contributed by atoms with Gasteiger partial charge in [0.2, 0.25) is 10.0 Å². The van der Waals surface area contributed by atoms with Crippen LogP contribution in [0.25, 0.3) is 0 Å². The molecule has 0 fully saturated rings. The molecule has 0 bridgehead atoms. The Hall–Kier alpha value is -2.25. The Bertz CT molecular complexity index is 884. The van der Waals surface area contributed by atoms with Gasteiger partial charge in [0.15, 0.2) is 0 Å². The average Bonchev–Trinajstić information content (AvgIpc) is 2.52. The quantitative estimate of drug-likeness (QED) is 0.879. The summed E-state index contributed by atoms with van der Waals surface area (Å²) in [4.78, 5) is 10.1. The van der Waals surface area contributed by atoms with E-state index < -0.39 is 32.3 Å². The van der Waals surface area contributed by atoms with Crippen molar-refractivity contribution in [1.29, 1.82) is 0 Å². The number of carbonyl (C=O) groups excluding carboxylic acids is 1. The molecule has 0 spiro atoms. The van der Waals surface area contributed by atoms with Crippen molar-refractivity contribution in [2.75, 3.05) is 0 Å². The number of aromatic carboxylic acids is 1. The second-order valence-electron chi connectivity index (χ2n) is 6.70. The molecule has 25 heavy (non-hydrogen) atoms. The molecule has 0 aromatic heterocycles. The number of carboxylic acids is 1. The summed E-state index contributed by atoms with van der Waals surface area (Å²) in [5.41, 5.74) is 1.38. The Morgan fingerprint density at radius 3 is 2.24 bits per heavy atom. The van der Waals surface area contributed by atoms with Gasteiger partial charge in [0.1, 0.15) is 10.7 Å². The van der Waals surface area contributed by atoms with E-state index in [1.54, 1.807) is 12.1 Å². The summed E-state index contributed by atoms with van der Waals surface area (Å²) in [5.74, 6) is -2.60. The zero-order valence-corrected chi connectivity index (χ0v) is 15.0. The molecule has 7 heteroatoms. The van der Waals surface area contributed by atoms with E-state index in [0.29, 0.717) is 5.56 Å². The summed E-state index contributed by atoms with van der Waals surface area (Å²) in [6.45, 7) is 6.16. The molecule has 0 unspecified atom stereocenters. The lowest BCUT2D eigenvalue weighted by molar-refractivity contribution is -0.255. The van der Waals surface area contributed by atoms with Crippen molar-refractivity contribution >= 4 is 16.0 Å². The largest absolute Gasteiger partial charge is 0.545 e. The fourth-order valence-corrected chi connectivity index (χ4v) is 3.33. The van der Waals surface area contributed by atoms with Crippen molar-refractivity contribution in [3.8, 4) is 0 Å². The first-order chi connectivity index (χ1) is 11.5. The van der Waals surface area contributed by atoms with Crippen LogP contribution in [-0.4, -0.2) is 14.4 Å². The lowest BCUT2D eigenvalue weighted by Gasteiger charge is -2.19. The van der Waals surface area contributed by atoms with Gasteiger partial charge in [-0.2, -0.15) is 0 Å². The molecule has 0 saturated carbocycles. The maximum atomic E-state index is 13.8. The van der Waals surface area contributed by atoms with Gasteiger partial charge < -0.3 is 9.90 Å². The van der Waals surface area contributed by atoms with Gasteiger partial charge in [-0.05, 0) is 34.2 Å². The molecule has 2 aromatic rings. The molecule has 0 aliphatic rings. The summed E-state index contributed by atoms with van der Waals surface area (Å²) < 4.78 is 40.6. The SMILES string of the molecule is CC(C)(C)c1ccc(CNS(=O)(=O)c2cc(C(=O)[O-])ccc2F)cc1. The predicted octanol–water partition coefficient (Wildman–Crippen LogP) is 1.97. The van der Waals surface area contributed by atoms with Crippen LogP contribution < -0.4 is 9.83 Å². The van der Waals surface area contributed by atoms with Gasteiger partial charge in [-0.15, -0.1) is 0 Å². The summed E-state index contributed by atoms with van der Waals surface area (Å²) in [6, 6.07) is 9.87. The number of hydrogen-bond acceptors (Lipinski definition) is 4. The highest BCUT2D eigenvalue weighted by atomic mass is 32.2. The lowest BCUT2D eigenvalue weighted by atomic mass is 9.87. The summed E-state index contributed by atoms with van der Waals surface area (Å²) in [6.07, 6.45) is 0. The van der Waals surface area contributed by atoms with Crippen LogP contribution in [0, 0.1) is 5.82 Å². The van der Waals surface area contributed by atoms with E-state index in [-0.39, 0.29) is 12.0 Å². The van der Waals surface area contributed by atoms with Crippen LogP contribution in [-0.2, 0) is 22.0 Å². The number of carboxylic acid groups (broad SMARTS) is 1. The van der Waals surface area contributed by atoms with Crippen LogP contribution in [0.2, 0.25) is 0 Å². The summed E-state index contributed by atoms with van der Waals surface area (Å²) in [7, 11) is -4.20. The van der Waals surface area contributed by atoms with Gasteiger partial charge in [0, 0.05) is 6.54 Å². The Kier molecular flexibility index (Phi) is 5.29. The zero-order chi connectivity index (χ0) is 18.8. The molecule has 0 heterocycles. The third-order valence-corrected chi connectivity index (χ3v) is 5.16. The van der Waals surface area contributed by atoms with E-state index in [9.17, 15) is 22.7 Å². The number of carbonyl (C=O) groups is 1.